The highest BCUT2D eigenvalue weighted by molar-refractivity contribution is 5.61. The van der Waals surface area contributed by atoms with Crippen molar-refractivity contribution in [3.63, 3.8) is 0 Å². The van der Waals surface area contributed by atoms with Crippen molar-refractivity contribution in [2.45, 2.75) is 37.0 Å². The first-order chi connectivity index (χ1) is 8.42. The van der Waals surface area contributed by atoms with Crippen LogP contribution in [0.25, 0.3) is 0 Å². The molecular formula is C13H13F4N. The predicted octanol–water partition coefficient (Wildman–Crippen LogP) is 3.84. The van der Waals surface area contributed by atoms with Crippen LogP contribution in [-0.4, -0.2) is 12.5 Å². The number of hydrogen-bond donors (Lipinski definition) is 1. The Labute approximate surface area is 102 Å². The van der Waals surface area contributed by atoms with Gasteiger partial charge in [0, 0.05) is 30.9 Å². The summed E-state index contributed by atoms with van der Waals surface area (Å²) in [6.45, 7) is 0.415. The lowest BCUT2D eigenvalue weighted by Gasteiger charge is -2.37. The first-order valence-corrected chi connectivity index (χ1v) is 6.03. The number of alkyl halides is 2. The molecule has 18 heavy (non-hydrogen) atoms. The third kappa shape index (κ3) is 1.68. The monoisotopic (exact) mass is 259 g/mol. The van der Waals surface area contributed by atoms with E-state index >= 15 is 0 Å². The Bertz CT molecular complexity index is 488. The highest BCUT2D eigenvalue weighted by Gasteiger charge is 2.48. The van der Waals surface area contributed by atoms with E-state index in [2.05, 4.69) is 5.32 Å². The largest absolute Gasteiger partial charge is 0.382 e. The summed E-state index contributed by atoms with van der Waals surface area (Å²) in [6, 6.07) is 2.10. The van der Waals surface area contributed by atoms with Crippen molar-refractivity contribution in [3.05, 3.63) is 29.3 Å². The molecule has 0 atom stereocenters. The Kier molecular flexibility index (Phi) is 2.37. The van der Waals surface area contributed by atoms with E-state index in [9.17, 15) is 17.6 Å². The first-order valence-electron chi connectivity index (χ1n) is 6.03. The van der Waals surface area contributed by atoms with Gasteiger partial charge in [-0.25, -0.2) is 17.6 Å². The molecule has 0 radical (unpaired) electrons. The number of anilines is 1. The number of benzene rings is 1. The maximum atomic E-state index is 13.6. The molecule has 0 amide bonds. The van der Waals surface area contributed by atoms with Gasteiger partial charge in [-0.2, -0.15) is 0 Å². The SMILES string of the molecule is Fc1cc(F)c2c(c1)C1(CCC(F)(F)CC1)CN2. The van der Waals surface area contributed by atoms with Crippen molar-refractivity contribution in [2.75, 3.05) is 11.9 Å². The van der Waals surface area contributed by atoms with E-state index in [1.165, 1.54) is 6.07 Å². The highest BCUT2D eigenvalue weighted by Crippen LogP contribution is 2.50. The number of halogens is 4. The van der Waals surface area contributed by atoms with Crippen LogP contribution in [0.1, 0.15) is 31.2 Å². The summed E-state index contributed by atoms with van der Waals surface area (Å²) >= 11 is 0. The van der Waals surface area contributed by atoms with Crippen LogP contribution in [0.15, 0.2) is 12.1 Å². The molecule has 0 aromatic heterocycles. The molecule has 1 aromatic rings. The third-order valence-corrected chi connectivity index (χ3v) is 4.17. The van der Waals surface area contributed by atoms with Gasteiger partial charge in [-0.3, -0.25) is 0 Å². The van der Waals surface area contributed by atoms with Crippen molar-refractivity contribution in [2.24, 2.45) is 0 Å². The van der Waals surface area contributed by atoms with Gasteiger partial charge < -0.3 is 5.32 Å². The summed E-state index contributed by atoms with van der Waals surface area (Å²) in [4.78, 5) is 0. The molecule has 1 heterocycles. The fourth-order valence-corrected chi connectivity index (χ4v) is 3.06. The van der Waals surface area contributed by atoms with Crippen LogP contribution < -0.4 is 5.32 Å². The zero-order chi connectivity index (χ0) is 13.0. The Morgan fingerprint density at radius 2 is 1.67 bits per heavy atom. The molecule has 1 N–H and O–H groups in total. The number of rotatable bonds is 0. The fraction of sp³-hybridized carbons (Fsp3) is 0.538. The molecule has 1 aromatic carbocycles. The van der Waals surface area contributed by atoms with E-state index in [0.717, 1.165) is 6.07 Å². The Morgan fingerprint density at radius 1 is 1.00 bits per heavy atom. The van der Waals surface area contributed by atoms with Crippen LogP contribution in [0, 0.1) is 11.6 Å². The number of nitrogens with one attached hydrogen (secondary N) is 1. The van der Waals surface area contributed by atoms with Gasteiger partial charge in [0.1, 0.15) is 11.6 Å². The molecule has 0 unspecified atom stereocenters. The normalized spacial score (nSPS) is 23.8. The maximum Gasteiger partial charge on any atom is 0.248 e. The van der Waals surface area contributed by atoms with Crippen LogP contribution in [-0.2, 0) is 5.41 Å². The molecule has 3 rings (SSSR count). The minimum Gasteiger partial charge on any atom is -0.382 e. The molecule has 1 fully saturated rings. The minimum absolute atomic E-state index is 0.216. The van der Waals surface area contributed by atoms with E-state index in [0.29, 0.717) is 12.1 Å². The molecule has 1 nitrogen and oxygen atoms in total. The van der Waals surface area contributed by atoms with Gasteiger partial charge in [-0.05, 0) is 24.5 Å². The second kappa shape index (κ2) is 3.62. The average Bonchev–Trinajstić information content (AvgIpc) is 2.63. The van der Waals surface area contributed by atoms with Crippen LogP contribution in [0.2, 0.25) is 0 Å². The smallest absolute Gasteiger partial charge is 0.248 e. The van der Waals surface area contributed by atoms with Crippen LogP contribution in [0.4, 0.5) is 23.2 Å². The molecule has 1 saturated carbocycles. The minimum atomic E-state index is -2.64. The van der Waals surface area contributed by atoms with Crippen molar-refractivity contribution in [1.29, 1.82) is 0 Å². The second-order valence-electron chi connectivity index (χ2n) is 5.30. The maximum absolute atomic E-state index is 13.6. The summed E-state index contributed by atoms with van der Waals surface area (Å²) in [5.41, 5.74) is 0.275. The number of hydrogen-bond acceptors (Lipinski definition) is 1. The molecule has 98 valence electrons. The summed E-state index contributed by atoms with van der Waals surface area (Å²) in [5.74, 6) is -3.93. The summed E-state index contributed by atoms with van der Waals surface area (Å²) in [7, 11) is 0. The second-order valence-corrected chi connectivity index (χ2v) is 5.30. The van der Waals surface area contributed by atoms with Gasteiger partial charge in [-0.1, -0.05) is 0 Å². The molecule has 1 aliphatic carbocycles. The molecule has 1 aliphatic heterocycles. The lowest BCUT2D eigenvalue weighted by Crippen LogP contribution is -2.38. The van der Waals surface area contributed by atoms with E-state index in [1.54, 1.807) is 0 Å². The van der Waals surface area contributed by atoms with Gasteiger partial charge in [0.15, 0.2) is 0 Å². The fourth-order valence-electron chi connectivity index (χ4n) is 3.06. The van der Waals surface area contributed by atoms with Crippen LogP contribution in [0.3, 0.4) is 0 Å². The first kappa shape index (κ1) is 11.8. The Balaban J connectivity index is 2.00. The molecule has 0 saturated heterocycles. The molecular weight excluding hydrogens is 246 g/mol. The molecule has 0 bridgehead atoms. The average molecular weight is 259 g/mol. The third-order valence-electron chi connectivity index (χ3n) is 4.17. The van der Waals surface area contributed by atoms with Crippen molar-refractivity contribution in [1.82, 2.24) is 0 Å². The van der Waals surface area contributed by atoms with Crippen molar-refractivity contribution in [3.8, 4) is 0 Å². The molecule has 2 aliphatic rings. The Morgan fingerprint density at radius 3 is 2.33 bits per heavy atom. The van der Waals surface area contributed by atoms with E-state index in [4.69, 9.17) is 0 Å². The molecule has 1 spiro atoms. The summed E-state index contributed by atoms with van der Waals surface area (Å²) < 4.78 is 53.3. The quantitative estimate of drug-likeness (QED) is 0.698. The van der Waals surface area contributed by atoms with Gasteiger partial charge in [-0.15, -0.1) is 0 Å². The summed E-state index contributed by atoms with van der Waals surface area (Å²) in [5, 5.41) is 2.90. The number of fused-ring (bicyclic) bond motifs is 2. The van der Waals surface area contributed by atoms with Gasteiger partial charge in [0.05, 0.1) is 5.69 Å². The van der Waals surface area contributed by atoms with Gasteiger partial charge in [0.2, 0.25) is 5.92 Å². The summed E-state index contributed by atoms with van der Waals surface area (Å²) in [6.07, 6.45) is 0.101. The molecule has 5 heteroatoms. The van der Waals surface area contributed by atoms with Gasteiger partial charge in [0.25, 0.3) is 0 Å². The van der Waals surface area contributed by atoms with E-state index < -0.39 is 23.0 Å². The lowest BCUT2D eigenvalue weighted by molar-refractivity contribution is -0.0496. The predicted molar refractivity (Wildman–Crippen MR) is 59.9 cm³/mol. The van der Waals surface area contributed by atoms with Crippen molar-refractivity contribution < 1.29 is 17.6 Å². The van der Waals surface area contributed by atoms with E-state index in [-0.39, 0.29) is 31.4 Å². The van der Waals surface area contributed by atoms with E-state index in [1.807, 2.05) is 0 Å². The topological polar surface area (TPSA) is 12.0 Å². The van der Waals surface area contributed by atoms with Crippen molar-refractivity contribution >= 4 is 5.69 Å². The Hall–Kier alpha value is -1.26. The zero-order valence-electron chi connectivity index (χ0n) is 9.70. The standard InChI is InChI=1S/C13H13F4N/c14-8-5-9-11(10(15)6-8)18-7-12(9)1-3-13(16,17)4-2-12/h5-6,18H,1-4,7H2. The van der Waals surface area contributed by atoms with Crippen LogP contribution in [0.5, 0.6) is 0 Å². The van der Waals surface area contributed by atoms with Crippen LogP contribution >= 0.6 is 0 Å². The highest BCUT2D eigenvalue weighted by atomic mass is 19.3. The zero-order valence-corrected chi connectivity index (χ0v) is 9.70. The van der Waals surface area contributed by atoms with Gasteiger partial charge >= 0.3 is 0 Å². The lowest BCUT2D eigenvalue weighted by atomic mass is 9.69.